The van der Waals surface area contributed by atoms with E-state index >= 15 is 0 Å². The second-order valence-electron chi connectivity index (χ2n) is 4.79. The lowest BCUT2D eigenvalue weighted by molar-refractivity contribution is 0.0570. The fourth-order valence-corrected chi connectivity index (χ4v) is 2.41. The second kappa shape index (κ2) is 6.49. The van der Waals surface area contributed by atoms with Crippen molar-refractivity contribution in [3.8, 4) is 0 Å². The molecule has 1 unspecified atom stereocenters. The van der Waals surface area contributed by atoms with Crippen LogP contribution in [0.15, 0.2) is 18.3 Å². The third kappa shape index (κ3) is 3.42. The minimum absolute atomic E-state index is 0.0249. The highest BCUT2D eigenvalue weighted by Crippen LogP contribution is 2.19. The van der Waals surface area contributed by atoms with E-state index in [1.807, 2.05) is 4.90 Å². The van der Waals surface area contributed by atoms with Gasteiger partial charge in [-0.25, -0.2) is 10.8 Å². The molecule has 2 rings (SSSR count). The van der Waals surface area contributed by atoms with Crippen molar-refractivity contribution >= 4 is 11.7 Å². The first-order chi connectivity index (χ1) is 9.24. The number of nitrogens with zero attached hydrogens (tertiary/aromatic N) is 2. The summed E-state index contributed by atoms with van der Waals surface area (Å²) in [5.41, 5.74) is 3.04. The topological polar surface area (TPSA) is 80.5 Å². The number of likely N-dealkylation sites (tertiary alicyclic amines) is 1. The average molecular weight is 264 g/mol. The van der Waals surface area contributed by atoms with Crippen molar-refractivity contribution in [3.05, 3.63) is 23.9 Å². The Labute approximate surface area is 112 Å². The largest absolute Gasteiger partial charge is 0.384 e. The van der Waals surface area contributed by atoms with Gasteiger partial charge in [-0.2, -0.15) is 0 Å². The molecule has 1 aliphatic rings. The number of piperidine rings is 1. The Bertz CT molecular complexity index is 419. The molecule has 0 bridgehead atoms. The molecule has 0 saturated carbocycles. The lowest BCUT2D eigenvalue weighted by atomic mass is 9.98. The zero-order valence-corrected chi connectivity index (χ0v) is 11.1. The standard InChI is InChI=1S/C13H20N4O2/c1-19-9-10-3-2-6-17(8-10)13(18)11-4-5-12(16-14)15-7-11/h4-5,7,10H,2-3,6,8-9,14H2,1H3,(H,15,16). The highest BCUT2D eigenvalue weighted by atomic mass is 16.5. The van der Waals surface area contributed by atoms with E-state index < -0.39 is 0 Å². The van der Waals surface area contributed by atoms with Crippen molar-refractivity contribution in [2.24, 2.45) is 11.8 Å². The van der Waals surface area contributed by atoms with Gasteiger partial charge in [-0.3, -0.25) is 4.79 Å². The summed E-state index contributed by atoms with van der Waals surface area (Å²) < 4.78 is 5.17. The monoisotopic (exact) mass is 264 g/mol. The van der Waals surface area contributed by atoms with E-state index in [2.05, 4.69) is 10.4 Å². The van der Waals surface area contributed by atoms with Gasteiger partial charge in [0.15, 0.2) is 0 Å². The molecule has 0 spiro atoms. The summed E-state index contributed by atoms with van der Waals surface area (Å²) in [4.78, 5) is 18.3. The van der Waals surface area contributed by atoms with Crippen LogP contribution in [0.5, 0.6) is 0 Å². The Morgan fingerprint density at radius 3 is 3.11 bits per heavy atom. The molecule has 1 aromatic rings. The summed E-state index contributed by atoms with van der Waals surface area (Å²) >= 11 is 0. The number of carbonyl (C=O) groups is 1. The number of aromatic nitrogens is 1. The lowest BCUT2D eigenvalue weighted by Crippen LogP contribution is -2.41. The van der Waals surface area contributed by atoms with Crippen molar-refractivity contribution in [1.82, 2.24) is 9.88 Å². The zero-order valence-electron chi connectivity index (χ0n) is 11.1. The maximum atomic E-state index is 12.3. The molecule has 3 N–H and O–H groups in total. The van der Waals surface area contributed by atoms with E-state index in [1.54, 1.807) is 25.4 Å². The summed E-state index contributed by atoms with van der Waals surface area (Å²) in [7, 11) is 1.70. The summed E-state index contributed by atoms with van der Waals surface area (Å²) in [5.74, 6) is 6.25. The van der Waals surface area contributed by atoms with Crippen molar-refractivity contribution < 1.29 is 9.53 Å². The number of hydrogen-bond acceptors (Lipinski definition) is 5. The van der Waals surface area contributed by atoms with Crippen LogP contribution in [0.1, 0.15) is 23.2 Å². The van der Waals surface area contributed by atoms with Crippen LogP contribution in [0.4, 0.5) is 5.82 Å². The molecule has 1 aliphatic heterocycles. The highest BCUT2D eigenvalue weighted by Gasteiger charge is 2.24. The van der Waals surface area contributed by atoms with Crippen LogP contribution < -0.4 is 11.3 Å². The van der Waals surface area contributed by atoms with Crippen LogP contribution >= 0.6 is 0 Å². The Balaban J connectivity index is 2.01. The molecule has 0 aliphatic carbocycles. The SMILES string of the molecule is COCC1CCCN(C(=O)c2ccc(NN)nc2)C1. The number of hydrazine groups is 1. The van der Waals surface area contributed by atoms with Gasteiger partial charge in [0.25, 0.3) is 5.91 Å². The molecule has 6 heteroatoms. The van der Waals surface area contributed by atoms with E-state index in [9.17, 15) is 4.79 Å². The molecule has 6 nitrogen and oxygen atoms in total. The number of amides is 1. The average Bonchev–Trinajstić information content (AvgIpc) is 2.47. The van der Waals surface area contributed by atoms with Gasteiger partial charge in [-0.15, -0.1) is 0 Å². The van der Waals surface area contributed by atoms with Crippen LogP contribution in [-0.4, -0.2) is 42.6 Å². The Morgan fingerprint density at radius 2 is 2.47 bits per heavy atom. The first-order valence-electron chi connectivity index (χ1n) is 6.45. The molecule has 104 valence electrons. The van der Waals surface area contributed by atoms with Gasteiger partial charge in [0, 0.05) is 26.4 Å². The minimum Gasteiger partial charge on any atom is -0.384 e. The number of rotatable bonds is 4. The van der Waals surface area contributed by atoms with Gasteiger partial charge in [0.2, 0.25) is 0 Å². The molecule has 1 saturated heterocycles. The number of pyridine rings is 1. The summed E-state index contributed by atoms with van der Waals surface area (Å²) in [6, 6.07) is 3.44. The van der Waals surface area contributed by atoms with E-state index in [-0.39, 0.29) is 5.91 Å². The van der Waals surface area contributed by atoms with Gasteiger partial charge in [-0.05, 0) is 30.9 Å². The van der Waals surface area contributed by atoms with Crippen molar-refractivity contribution in [3.63, 3.8) is 0 Å². The predicted molar refractivity (Wildman–Crippen MR) is 72.6 cm³/mol. The molecule has 0 aromatic carbocycles. The van der Waals surface area contributed by atoms with Crippen LogP contribution in [0, 0.1) is 5.92 Å². The molecule has 19 heavy (non-hydrogen) atoms. The zero-order chi connectivity index (χ0) is 13.7. The maximum Gasteiger partial charge on any atom is 0.255 e. The fraction of sp³-hybridized carbons (Fsp3) is 0.538. The second-order valence-corrected chi connectivity index (χ2v) is 4.79. The number of nitrogens with one attached hydrogen (secondary N) is 1. The molecule has 1 amide bonds. The summed E-state index contributed by atoms with van der Waals surface area (Å²) in [6.45, 7) is 2.26. The van der Waals surface area contributed by atoms with Crippen LogP contribution in [0.2, 0.25) is 0 Å². The number of anilines is 1. The quantitative estimate of drug-likeness (QED) is 0.623. The number of nitrogens with two attached hydrogens (primary N) is 1. The number of carbonyl (C=O) groups excluding carboxylic acids is 1. The van der Waals surface area contributed by atoms with Gasteiger partial charge in [0.1, 0.15) is 5.82 Å². The van der Waals surface area contributed by atoms with Gasteiger partial charge >= 0.3 is 0 Å². The molecule has 2 heterocycles. The van der Waals surface area contributed by atoms with Gasteiger partial charge in [0.05, 0.1) is 12.2 Å². The lowest BCUT2D eigenvalue weighted by Gasteiger charge is -2.32. The molecule has 1 atom stereocenters. The molecular formula is C13H20N4O2. The Morgan fingerprint density at radius 1 is 1.63 bits per heavy atom. The smallest absolute Gasteiger partial charge is 0.255 e. The van der Waals surface area contributed by atoms with E-state index in [0.29, 0.717) is 23.9 Å². The fourth-order valence-electron chi connectivity index (χ4n) is 2.41. The third-order valence-corrected chi connectivity index (χ3v) is 3.37. The van der Waals surface area contributed by atoms with Crippen LogP contribution in [0.25, 0.3) is 0 Å². The number of ether oxygens (including phenoxy) is 1. The van der Waals surface area contributed by atoms with Crippen LogP contribution in [0.3, 0.4) is 0 Å². The third-order valence-electron chi connectivity index (χ3n) is 3.37. The number of hydrogen-bond donors (Lipinski definition) is 2. The van der Waals surface area contributed by atoms with Gasteiger partial charge in [-0.1, -0.05) is 0 Å². The predicted octanol–water partition coefficient (Wildman–Crippen LogP) is 0.866. The first-order valence-corrected chi connectivity index (χ1v) is 6.45. The van der Waals surface area contributed by atoms with Crippen LogP contribution in [-0.2, 0) is 4.74 Å². The minimum atomic E-state index is 0.0249. The van der Waals surface area contributed by atoms with Crippen molar-refractivity contribution in [2.75, 3.05) is 32.2 Å². The summed E-state index contributed by atoms with van der Waals surface area (Å²) in [6.07, 6.45) is 3.69. The number of nitrogen functional groups attached to an aromatic ring is 1. The Hall–Kier alpha value is -1.66. The van der Waals surface area contributed by atoms with E-state index in [4.69, 9.17) is 10.6 Å². The summed E-state index contributed by atoms with van der Waals surface area (Å²) in [5, 5.41) is 0. The molecule has 1 fully saturated rings. The van der Waals surface area contributed by atoms with E-state index in [0.717, 1.165) is 25.9 Å². The molecule has 0 radical (unpaired) electrons. The van der Waals surface area contributed by atoms with E-state index in [1.165, 1.54) is 0 Å². The highest BCUT2D eigenvalue weighted by molar-refractivity contribution is 5.94. The van der Waals surface area contributed by atoms with Crippen molar-refractivity contribution in [1.29, 1.82) is 0 Å². The first kappa shape index (κ1) is 13.8. The maximum absolute atomic E-state index is 12.3. The molecular weight excluding hydrogens is 244 g/mol. The number of methoxy groups -OCH3 is 1. The van der Waals surface area contributed by atoms with Crippen molar-refractivity contribution in [2.45, 2.75) is 12.8 Å². The normalized spacial score (nSPS) is 19.3. The molecule has 1 aromatic heterocycles. The Kier molecular flexibility index (Phi) is 4.70. The van der Waals surface area contributed by atoms with Gasteiger partial charge < -0.3 is 15.1 Å².